The third-order valence-corrected chi connectivity index (χ3v) is 3.24. The van der Waals surface area contributed by atoms with Crippen molar-refractivity contribution in [2.24, 2.45) is 0 Å². The molecule has 0 aliphatic rings. The number of aromatic nitrogens is 2. The number of carbonyl (C=O) groups is 1. The van der Waals surface area contributed by atoms with E-state index in [1.807, 2.05) is 0 Å². The third-order valence-electron chi connectivity index (χ3n) is 3.24. The van der Waals surface area contributed by atoms with Crippen molar-refractivity contribution in [3.63, 3.8) is 0 Å². The van der Waals surface area contributed by atoms with Crippen LogP contribution < -0.4 is 0 Å². The Balaban J connectivity index is 2.28. The largest absolute Gasteiger partial charge is 0.478 e. The fourth-order valence-electron chi connectivity index (χ4n) is 1.98. The predicted molar refractivity (Wildman–Crippen MR) is 79.6 cm³/mol. The number of nitrogens with zero attached hydrogens (tertiary/aromatic N) is 2. The molecule has 0 spiro atoms. The minimum atomic E-state index is -0.983. The summed E-state index contributed by atoms with van der Waals surface area (Å²) in [4.78, 5) is 19.2. The summed E-state index contributed by atoms with van der Waals surface area (Å²) in [6.07, 6.45) is 12.2. The lowest BCUT2D eigenvalue weighted by Crippen LogP contribution is -2.04. The number of aryl methyl sites for hydroxylation is 1. The van der Waals surface area contributed by atoms with Crippen LogP contribution >= 0.6 is 0 Å². The van der Waals surface area contributed by atoms with Crippen molar-refractivity contribution in [2.45, 2.75) is 58.3 Å². The van der Waals surface area contributed by atoms with Crippen LogP contribution in [0.1, 0.15) is 56.8 Å². The second kappa shape index (κ2) is 9.23. The lowest BCUT2D eigenvalue weighted by atomic mass is 10.1. The quantitative estimate of drug-likeness (QED) is 0.524. The van der Waals surface area contributed by atoms with Crippen molar-refractivity contribution in [3.8, 4) is 0 Å². The number of carboxylic acids is 1. The predicted octanol–water partition coefficient (Wildman–Crippen LogP) is 3.56. The second-order valence-electron chi connectivity index (χ2n) is 5.10. The van der Waals surface area contributed by atoms with Gasteiger partial charge in [-0.05, 0) is 12.8 Å². The maximum atomic E-state index is 10.7. The molecule has 4 nitrogen and oxygen atoms in total. The first-order valence-corrected chi connectivity index (χ1v) is 7.34. The van der Waals surface area contributed by atoms with Gasteiger partial charge in [0, 0.05) is 24.4 Å². The summed E-state index contributed by atoms with van der Waals surface area (Å²) >= 11 is 0. The Morgan fingerprint density at radius 3 is 2.30 bits per heavy atom. The Bertz CT molecular complexity index is 427. The number of carboxylic acid groups (broad SMARTS) is 1. The van der Waals surface area contributed by atoms with Gasteiger partial charge in [0.15, 0.2) is 0 Å². The smallest absolute Gasteiger partial charge is 0.331 e. The summed E-state index contributed by atoms with van der Waals surface area (Å²) in [6.45, 7) is 5.71. The lowest BCUT2D eigenvalue weighted by molar-refractivity contribution is -0.132. The van der Waals surface area contributed by atoms with Crippen molar-refractivity contribution in [3.05, 3.63) is 35.9 Å². The minimum absolute atomic E-state index is 0.142. The highest BCUT2D eigenvalue weighted by Gasteiger charge is 2.06. The number of aliphatic carboxylic acids is 1. The molecule has 0 bridgehead atoms. The molecule has 0 unspecified atom stereocenters. The summed E-state index contributed by atoms with van der Waals surface area (Å²) in [6, 6.07) is 0. The summed E-state index contributed by atoms with van der Waals surface area (Å²) in [7, 11) is 0. The molecule has 0 aliphatic carbocycles. The van der Waals surface area contributed by atoms with Crippen molar-refractivity contribution < 1.29 is 9.90 Å². The number of rotatable bonds is 10. The van der Waals surface area contributed by atoms with Crippen LogP contribution in [0.25, 0.3) is 0 Å². The van der Waals surface area contributed by atoms with E-state index in [-0.39, 0.29) is 12.0 Å². The average Bonchev–Trinajstić information content (AvgIpc) is 2.44. The van der Waals surface area contributed by atoms with Crippen LogP contribution in [0.5, 0.6) is 0 Å². The lowest BCUT2D eigenvalue weighted by Gasteiger charge is -2.03. The van der Waals surface area contributed by atoms with Crippen LogP contribution in [0.15, 0.2) is 24.5 Å². The zero-order chi connectivity index (χ0) is 14.8. The first-order valence-electron chi connectivity index (χ1n) is 7.34. The van der Waals surface area contributed by atoms with Crippen molar-refractivity contribution in [1.29, 1.82) is 0 Å². The molecule has 1 N–H and O–H groups in total. The highest BCUT2D eigenvalue weighted by atomic mass is 16.4. The summed E-state index contributed by atoms with van der Waals surface area (Å²) in [5.41, 5.74) is 1.78. The van der Waals surface area contributed by atoms with E-state index in [2.05, 4.69) is 23.5 Å². The molecule has 4 heteroatoms. The Morgan fingerprint density at radius 1 is 1.10 bits per heavy atom. The van der Waals surface area contributed by atoms with Crippen molar-refractivity contribution in [1.82, 2.24) is 9.97 Å². The minimum Gasteiger partial charge on any atom is -0.478 e. The highest BCUT2D eigenvalue weighted by Crippen LogP contribution is 2.09. The van der Waals surface area contributed by atoms with E-state index in [0.29, 0.717) is 5.69 Å². The molecule has 1 aromatic heterocycles. The molecular formula is C16H24N2O2. The van der Waals surface area contributed by atoms with Gasteiger partial charge in [-0.25, -0.2) is 4.79 Å². The van der Waals surface area contributed by atoms with Crippen molar-refractivity contribution in [2.75, 3.05) is 0 Å². The summed E-state index contributed by atoms with van der Waals surface area (Å²) < 4.78 is 0. The summed E-state index contributed by atoms with van der Waals surface area (Å²) in [5.74, 6) is -0.983. The Kier molecular flexibility index (Phi) is 7.55. The van der Waals surface area contributed by atoms with Crippen molar-refractivity contribution >= 4 is 5.97 Å². The molecule has 0 aromatic carbocycles. The summed E-state index contributed by atoms with van der Waals surface area (Å²) in [5, 5.41) is 8.76. The molecule has 0 amide bonds. The second-order valence-corrected chi connectivity index (χ2v) is 5.10. The normalized spacial score (nSPS) is 10.4. The van der Waals surface area contributed by atoms with Gasteiger partial charge in [-0.2, -0.15) is 0 Å². The van der Waals surface area contributed by atoms with E-state index in [4.69, 9.17) is 5.11 Å². The molecule has 20 heavy (non-hydrogen) atoms. The molecule has 0 saturated heterocycles. The van der Waals surface area contributed by atoms with Gasteiger partial charge in [-0.3, -0.25) is 9.97 Å². The van der Waals surface area contributed by atoms with E-state index >= 15 is 0 Å². The van der Waals surface area contributed by atoms with Crippen LogP contribution in [-0.2, 0) is 17.6 Å². The molecule has 0 atom stereocenters. The molecular weight excluding hydrogens is 252 g/mol. The first-order chi connectivity index (χ1) is 9.63. The van der Waals surface area contributed by atoms with Gasteiger partial charge in [0.1, 0.15) is 0 Å². The first kappa shape index (κ1) is 16.3. The average molecular weight is 276 g/mol. The van der Waals surface area contributed by atoms with Gasteiger partial charge in [0.2, 0.25) is 0 Å². The zero-order valence-electron chi connectivity index (χ0n) is 12.3. The Hall–Kier alpha value is -1.71. The van der Waals surface area contributed by atoms with Crippen LogP contribution in [0, 0.1) is 0 Å². The fourth-order valence-corrected chi connectivity index (χ4v) is 1.98. The molecule has 0 radical (unpaired) electrons. The number of unbranched alkanes of at least 4 members (excludes halogenated alkanes) is 5. The standard InChI is InChI=1S/C16H24N2O2/c1-3-4-5-6-7-8-9-14-11-18-15(12-17-14)10-13(2)16(19)20/h11-12H,2-10H2,1H3,(H,19,20). The Labute approximate surface area is 121 Å². The van der Waals surface area contributed by atoms with Gasteiger partial charge in [0.05, 0.1) is 11.4 Å². The highest BCUT2D eigenvalue weighted by molar-refractivity contribution is 5.86. The van der Waals surface area contributed by atoms with E-state index in [1.165, 1.54) is 32.1 Å². The van der Waals surface area contributed by atoms with Gasteiger partial charge in [-0.15, -0.1) is 0 Å². The maximum absolute atomic E-state index is 10.7. The van der Waals surface area contributed by atoms with E-state index in [9.17, 15) is 4.79 Å². The SMILES string of the molecule is C=C(Cc1cnc(CCCCCCCC)cn1)C(=O)O. The zero-order valence-corrected chi connectivity index (χ0v) is 12.3. The molecule has 110 valence electrons. The van der Waals surface area contributed by atoms with E-state index in [0.717, 1.165) is 18.5 Å². The molecule has 0 fully saturated rings. The molecule has 0 aliphatic heterocycles. The van der Waals surface area contributed by atoms with Crippen LogP contribution in [0.2, 0.25) is 0 Å². The topological polar surface area (TPSA) is 63.1 Å². The molecule has 1 rings (SSSR count). The molecule has 0 saturated carbocycles. The molecule has 1 heterocycles. The Morgan fingerprint density at radius 2 is 1.70 bits per heavy atom. The number of hydrogen-bond donors (Lipinski definition) is 1. The van der Waals surface area contributed by atoms with Gasteiger partial charge >= 0.3 is 5.97 Å². The fraction of sp³-hybridized carbons (Fsp3) is 0.562. The van der Waals surface area contributed by atoms with Gasteiger partial charge in [0.25, 0.3) is 0 Å². The van der Waals surface area contributed by atoms with Crippen LogP contribution in [-0.4, -0.2) is 21.0 Å². The van der Waals surface area contributed by atoms with Crippen LogP contribution in [0.3, 0.4) is 0 Å². The third kappa shape index (κ3) is 6.45. The van der Waals surface area contributed by atoms with E-state index in [1.54, 1.807) is 12.4 Å². The molecule has 1 aromatic rings. The van der Waals surface area contributed by atoms with E-state index < -0.39 is 5.97 Å². The maximum Gasteiger partial charge on any atom is 0.331 e. The monoisotopic (exact) mass is 276 g/mol. The van der Waals surface area contributed by atoms with Gasteiger partial charge in [-0.1, -0.05) is 45.6 Å². The van der Waals surface area contributed by atoms with Crippen LogP contribution in [0.4, 0.5) is 0 Å². The van der Waals surface area contributed by atoms with Gasteiger partial charge < -0.3 is 5.11 Å². The number of hydrogen-bond acceptors (Lipinski definition) is 3.